The van der Waals surface area contributed by atoms with Gasteiger partial charge in [-0.05, 0) is 54.4 Å². The van der Waals surface area contributed by atoms with Gasteiger partial charge in [0.1, 0.15) is 6.61 Å². The fraction of sp³-hybridized carbons (Fsp3) is 0.130. The number of halogens is 2. The van der Waals surface area contributed by atoms with Crippen LogP contribution in [0.5, 0.6) is 11.5 Å². The number of nitrogens with zero attached hydrogens (tertiary/aromatic N) is 1. The van der Waals surface area contributed by atoms with Crippen LogP contribution in [0.25, 0.3) is 0 Å². The van der Waals surface area contributed by atoms with Crippen molar-refractivity contribution >= 4 is 35.3 Å². The number of amides is 1. The molecule has 0 aliphatic heterocycles. The van der Waals surface area contributed by atoms with Gasteiger partial charge in [-0.2, -0.15) is 5.10 Å². The zero-order chi connectivity index (χ0) is 21.5. The molecule has 0 saturated heterocycles. The Hall–Kier alpha value is -3.02. The molecule has 7 heteroatoms. The van der Waals surface area contributed by atoms with E-state index in [1.807, 2.05) is 37.3 Å². The fourth-order valence-corrected chi connectivity index (χ4v) is 3.19. The Bertz CT molecular complexity index is 1080. The number of ether oxygens (including phenoxy) is 2. The van der Waals surface area contributed by atoms with E-state index in [0.29, 0.717) is 27.1 Å². The molecule has 0 radical (unpaired) electrons. The van der Waals surface area contributed by atoms with Gasteiger partial charge < -0.3 is 9.47 Å². The summed E-state index contributed by atoms with van der Waals surface area (Å²) in [4.78, 5) is 12.2. The number of hydrogen-bond acceptors (Lipinski definition) is 4. The summed E-state index contributed by atoms with van der Waals surface area (Å²) in [5.41, 5.74) is 5.55. The van der Waals surface area contributed by atoms with Crippen LogP contribution in [0.2, 0.25) is 10.0 Å². The maximum atomic E-state index is 12.2. The van der Waals surface area contributed by atoms with Crippen molar-refractivity contribution in [1.29, 1.82) is 0 Å². The molecule has 0 aliphatic carbocycles. The van der Waals surface area contributed by atoms with Crippen LogP contribution in [0, 0.1) is 6.92 Å². The molecule has 3 aromatic carbocycles. The molecule has 0 saturated carbocycles. The SMILES string of the molecule is COc1cc(/C=N/NC(=O)c2ccccc2C)ccc1OCc1ccc(Cl)cc1Cl. The number of rotatable bonds is 7. The zero-order valence-corrected chi connectivity index (χ0v) is 18.0. The van der Waals surface area contributed by atoms with Gasteiger partial charge in [0.2, 0.25) is 0 Å². The van der Waals surface area contributed by atoms with E-state index in [2.05, 4.69) is 10.5 Å². The molecule has 30 heavy (non-hydrogen) atoms. The Morgan fingerprint density at radius 1 is 1.07 bits per heavy atom. The van der Waals surface area contributed by atoms with Gasteiger partial charge in [0, 0.05) is 21.2 Å². The van der Waals surface area contributed by atoms with Crippen molar-refractivity contribution < 1.29 is 14.3 Å². The van der Waals surface area contributed by atoms with Crippen molar-refractivity contribution in [2.45, 2.75) is 13.5 Å². The first-order valence-corrected chi connectivity index (χ1v) is 9.87. The van der Waals surface area contributed by atoms with E-state index < -0.39 is 0 Å². The van der Waals surface area contributed by atoms with E-state index in [1.54, 1.807) is 43.7 Å². The van der Waals surface area contributed by atoms with Crippen molar-refractivity contribution in [3.63, 3.8) is 0 Å². The lowest BCUT2D eigenvalue weighted by molar-refractivity contribution is 0.0954. The molecule has 3 aromatic rings. The predicted molar refractivity (Wildman–Crippen MR) is 120 cm³/mol. The number of benzene rings is 3. The number of carbonyl (C=O) groups is 1. The van der Waals surface area contributed by atoms with Crippen LogP contribution >= 0.6 is 23.2 Å². The normalized spacial score (nSPS) is 10.8. The summed E-state index contributed by atoms with van der Waals surface area (Å²) >= 11 is 12.1. The largest absolute Gasteiger partial charge is 0.493 e. The molecule has 0 unspecified atom stereocenters. The molecule has 1 amide bonds. The quantitative estimate of drug-likeness (QED) is 0.379. The van der Waals surface area contributed by atoms with Crippen molar-refractivity contribution in [3.05, 3.63) is 93.0 Å². The summed E-state index contributed by atoms with van der Waals surface area (Å²) in [6.45, 7) is 2.14. The van der Waals surface area contributed by atoms with E-state index in [9.17, 15) is 4.79 Å². The van der Waals surface area contributed by atoms with Gasteiger partial charge in [-0.15, -0.1) is 0 Å². The molecule has 5 nitrogen and oxygen atoms in total. The van der Waals surface area contributed by atoms with Gasteiger partial charge in [-0.1, -0.05) is 47.5 Å². The van der Waals surface area contributed by atoms with Crippen LogP contribution in [0.4, 0.5) is 0 Å². The van der Waals surface area contributed by atoms with E-state index in [4.69, 9.17) is 32.7 Å². The molecule has 154 valence electrons. The molecule has 0 atom stereocenters. The van der Waals surface area contributed by atoms with E-state index in [-0.39, 0.29) is 12.5 Å². The minimum atomic E-state index is -0.267. The topological polar surface area (TPSA) is 59.9 Å². The van der Waals surface area contributed by atoms with Gasteiger partial charge in [-0.25, -0.2) is 5.43 Å². The Morgan fingerprint density at radius 2 is 1.87 bits per heavy atom. The maximum absolute atomic E-state index is 12.2. The van der Waals surface area contributed by atoms with E-state index in [0.717, 1.165) is 16.7 Å². The number of aryl methyl sites for hydroxylation is 1. The number of hydrazone groups is 1. The van der Waals surface area contributed by atoms with Crippen LogP contribution in [0.3, 0.4) is 0 Å². The molecule has 1 N–H and O–H groups in total. The summed E-state index contributed by atoms with van der Waals surface area (Å²) in [5, 5.41) is 5.13. The monoisotopic (exact) mass is 442 g/mol. The minimum Gasteiger partial charge on any atom is -0.493 e. The lowest BCUT2D eigenvalue weighted by Gasteiger charge is -2.12. The van der Waals surface area contributed by atoms with Crippen LogP contribution < -0.4 is 14.9 Å². The number of hydrogen-bond donors (Lipinski definition) is 1. The first kappa shape index (κ1) is 21.7. The smallest absolute Gasteiger partial charge is 0.271 e. The minimum absolute atomic E-state index is 0.267. The van der Waals surface area contributed by atoms with Crippen LogP contribution in [-0.2, 0) is 6.61 Å². The molecule has 0 aromatic heterocycles. The number of methoxy groups -OCH3 is 1. The van der Waals surface area contributed by atoms with Gasteiger partial charge in [0.25, 0.3) is 5.91 Å². The van der Waals surface area contributed by atoms with Gasteiger partial charge >= 0.3 is 0 Å². The van der Waals surface area contributed by atoms with Crippen molar-refractivity contribution in [2.75, 3.05) is 7.11 Å². The second-order valence-corrected chi connectivity index (χ2v) is 7.29. The van der Waals surface area contributed by atoms with Crippen molar-refractivity contribution in [1.82, 2.24) is 5.43 Å². The summed E-state index contributed by atoms with van der Waals surface area (Å²) in [6, 6.07) is 17.9. The summed E-state index contributed by atoms with van der Waals surface area (Å²) in [5.74, 6) is 0.829. The van der Waals surface area contributed by atoms with Crippen LogP contribution in [0.15, 0.2) is 65.8 Å². The Morgan fingerprint density at radius 3 is 2.60 bits per heavy atom. The summed E-state index contributed by atoms with van der Waals surface area (Å²) < 4.78 is 11.2. The zero-order valence-electron chi connectivity index (χ0n) is 16.5. The van der Waals surface area contributed by atoms with Gasteiger partial charge in [0.05, 0.1) is 13.3 Å². The Balaban J connectivity index is 1.65. The molecular weight excluding hydrogens is 423 g/mol. The lowest BCUT2D eigenvalue weighted by Crippen LogP contribution is -2.18. The summed E-state index contributed by atoms with van der Waals surface area (Å²) in [6.07, 6.45) is 1.54. The maximum Gasteiger partial charge on any atom is 0.271 e. The van der Waals surface area contributed by atoms with Gasteiger partial charge in [0.15, 0.2) is 11.5 Å². The molecule has 0 bridgehead atoms. The first-order valence-electron chi connectivity index (χ1n) is 9.11. The highest BCUT2D eigenvalue weighted by Crippen LogP contribution is 2.29. The average molecular weight is 443 g/mol. The summed E-state index contributed by atoms with van der Waals surface area (Å²) in [7, 11) is 1.55. The molecule has 0 spiro atoms. The number of carbonyl (C=O) groups excluding carboxylic acids is 1. The van der Waals surface area contributed by atoms with E-state index in [1.165, 1.54) is 0 Å². The first-order chi connectivity index (χ1) is 14.5. The molecule has 0 heterocycles. The third kappa shape index (κ3) is 5.53. The Labute approximate surface area is 185 Å². The highest BCUT2D eigenvalue weighted by atomic mass is 35.5. The lowest BCUT2D eigenvalue weighted by atomic mass is 10.1. The molecule has 3 rings (SSSR count). The number of nitrogens with one attached hydrogen (secondary N) is 1. The predicted octanol–water partition coefficient (Wildman–Crippen LogP) is 5.65. The van der Waals surface area contributed by atoms with Gasteiger partial charge in [-0.3, -0.25) is 4.79 Å². The highest BCUT2D eigenvalue weighted by molar-refractivity contribution is 6.35. The van der Waals surface area contributed by atoms with Crippen molar-refractivity contribution in [2.24, 2.45) is 5.10 Å². The molecular formula is C23H20Cl2N2O3. The fourth-order valence-electron chi connectivity index (χ4n) is 2.73. The standard InChI is InChI=1S/C23H20Cl2N2O3/c1-15-5-3-4-6-19(15)23(28)27-26-13-16-7-10-21(22(11-16)29-2)30-14-17-8-9-18(24)12-20(17)25/h3-13H,14H2,1-2H3,(H,27,28)/b26-13+. The van der Waals surface area contributed by atoms with Crippen LogP contribution in [-0.4, -0.2) is 19.2 Å². The van der Waals surface area contributed by atoms with E-state index >= 15 is 0 Å². The second kappa shape index (κ2) is 10.1. The molecule has 0 fully saturated rings. The second-order valence-electron chi connectivity index (χ2n) is 6.45. The molecule has 0 aliphatic rings. The van der Waals surface area contributed by atoms with Crippen molar-refractivity contribution in [3.8, 4) is 11.5 Å². The highest BCUT2D eigenvalue weighted by Gasteiger charge is 2.09. The third-order valence-corrected chi connectivity index (χ3v) is 4.94. The van der Waals surface area contributed by atoms with Crippen LogP contribution in [0.1, 0.15) is 27.0 Å². The third-order valence-electron chi connectivity index (χ3n) is 4.36. The average Bonchev–Trinajstić information content (AvgIpc) is 2.73. The Kier molecular flexibility index (Phi) is 7.33.